The molecule has 1 aliphatic heterocycles. The van der Waals surface area contributed by atoms with Gasteiger partial charge >= 0.3 is 6.03 Å². The summed E-state index contributed by atoms with van der Waals surface area (Å²) in [6, 6.07) is 4.79. The van der Waals surface area contributed by atoms with Crippen LogP contribution in [-0.2, 0) is 9.59 Å². The lowest BCUT2D eigenvalue weighted by Crippen LogP contribution is -2.59. The van der Waals surface area contributed by atoms with Gasteiger partial charge < -0.3 is 19.7 Å². The van der Waals surface area contributed by atoms with E-state index in [2.05, 4.69) is 5.32 Å². The van der Waals surface area contributed by atoms with E-state index in [-0.39, 0.29) is 12.3 Å². The van der Waals surface area contributed by atoms with Gasteiger partial charge in [-0.3, -0.25) is 14.5 Å². The van der Waals surface area contributed by atoms with Gasteiger partial charge in [-0.05, 0) is 23.8 Å². The largest absolute Gasteiger partial charge is 0.493 e. The number of hydrogen-bond acceptors (Lipinski definition) is 5. The monoisotopic (exact) mass is 347 g/mol. The highest BCUT2D eigenvalue weighted by molar-refractivity contribution is 5.98. The van der Waals surface area contributed by atoms with Crippen LogP contribution in [0.1, 0.15) is 12.0 Å². The van der Waals surface area contributed by atoms with Gasteiger partial charge in [-0.1, -0.05) is 6.07 Å². The predicted molar refractivity (Wildman–Crippen MR) is 91.1 cm³/mol. The summed E-state index contributed by atoms with van der Waals surface area (Å²) >= 11 is 0. The molecule has 134 valence electrons. The van der Waals surface area contributed by atoms with Crippen molar-refractivity contribution in [2.75, 3.05) is 28.3 Å². The third-order valence-electron chi connectivity index (χ3n) is 3.94. The maximum absolute atomic E-state index is 12.1. The van der Waals surface area contributed by atoms with Crippen molar-refractivity contribution < 1.29 is 23.9 Å². The van der Waals surface area contributed by atoms with Crippen LogP contribution in [0.2, 0.25) is 0 Å². The second-order valence-electron chi connectivity index (χ2n) is 5.52. The van der Waals surface area contributed by atoms with E-state index in [0.717, 1.165) is 10.5 Å². The first-order valence-electron chi connectivity index (χ1n) is 7.61. The molecule has 0 aliphatic carbocycles. The maximum Gasteiger partial charge on any atom is 0.327 e. The Kier molecular flexibility index (Phi) is 5.63. The van der Waals surface area contributed by atoms with E-state index in [1.807, 2.05) is 0 Å². The fraction of sp³-hybridized carbons (Fsp3) is 0.353. The topological polar surface area (TPSA) is 88.2 Å². The number of rotatable bonds is 5. The van der Waals surface area contributed by atoms with Crippen LogP contribution in [0.3, 0.4) is 0 Å². The van der Waals surface area contributed by atoms with Gasteiger partial charge in [0.25, 0.3) is 0 Å². The molecule has 1 saturated heterocycles. The number of carbonyl (C=O) groups is 3. The Morgan fingerprint density at radius 2 is 1.88 bits per heavy atom. The summed E-state index contributed by atoms with van der Waals surface area (Å²) in [7, 11) is 6.02. The van der Waals surface area contributed by atoms with Crippen LogP contribution in [0.5, 0.6) is 11.5 Å². The number of ether oxygens (including phenoxy) is 2. The molecule has 8 heteroatoms. The number of methoxy groups -OCH3 is 2. The number of imide groups is 1. The molecule has 1 heterocycles. The molecule has 1 aliphatic rings. The Morgan fingerprint density at radius 1 is 1.20 bits per heavy atom. The minimum Gasteiger partial charge on any atom is -0.493 e. The SMILES string of the molecule is COc1ccc(/C=C/C(=O)NC2CC(=O)N(C)C(=O)N2C)cc1OC. The molecule has 1 N–H and O–H groups in total. The molecule has 0 spiro atoms. The van der Waals surface area contributed by atoms with Crippen LogP contribution in [-0.4, -0.2) is 62.1 Å². The Morgan fingerprint density at radius 3 is 2.52 bits per heavy atom. The fourth-order valence-corrected chi connectivity index (χ4v) is 2.40. The third-order valence-corrected chi connectivity index (χ3v) is 3.94. The average molecular weight is 347 g/mol. The molecule has 1 fully saturated rings. The highest BCUT2D eigenvalue weighted by Gasteiger charge is 2.34. The summed E-state index contributed by atoms with van der Waals surface area (Å²) in [4.78, 5) is 38.0. The van der Waals surface area contributed by atoms with Crippen molar-refractivity contribution >= 4 is 23.9 Å². The van der Waals surface area contributed by atoms with Crippen molar-refractivity contribution in [3.05, 3.63) is 29.8 Å². The average Bonchev–Trinajstić information content (AvgIpc) is 2.62. The van der Waals surface area contributed by atoms with Crippen molar-refractivity contribution in [3.63, 3.8) is 0 Å². The van der Waals surface area contributed by atoms with E-state index in [1.54, 1.807) is 31.4 Å². The molecule has 0 bridgehead atoms. The third kappa shape index (κ3) is 4.09. The van der Waals surface area contributed by atoms with Gasteiger partial charge in [0.1, 0.15) is 6.17 Å². The maximum atomic E-state index is 12.1. The molecule has 8 nitrogen and oxygen atoms in total. The standard InChI is InChI=1S/C17H21N3O5/c1-19-14(10-16(22)20(2)17(19)23)18-15(21)8-6-11-5-7-12(24-3)13(9-11)25-4/h5-9,14H,10H2,1-4H3,(H,18,21)/b8-6+. The molecule has 1 aromatic carbocycles. The molecule has 4 amide bonds. The van der Waals surface area contributed by atoms with Gasteiger partial charge in [0.2, 0.25) is 11.8 Å². The molecule has 0 aromatic heterocycles. The molecular formula is C17H21N3O5. The first-order chi connectivity index (χ1) is 11.9. The van der Waals surface area contributed by atoms with Crippen LogP contribution < -0.4 is 14.8 Å². The van der Waals surface area contributed by atoms with E-state index in [0.29, 0.717) is 11.5 Å². The Balaban J connectivity index is 2.03. The van der Waals surface area contributed by atoms with Crippen molar-refractivity contribution in [1.29, 1.82) is 0 Å². The first-order valence-corrected chi connectivity index (χ1v) is 7.61. The number of nitrogens with one attached hydrogen (secondary N) is 1. The predicted octanol–water partition coefficient (Wildman–Crippen LogP) is 1.07. The highest BCUT2D eigenvalue weighted by Crippen LogP contribution is 2.27. The summed E-state index contributed by atoms with van der Waals surface area (Å²) in [5.74, 6) is 0.402. The van der Waals surface area contributed by atoms with Crippen LogP contribution in [0.4, 0.5) is 4.79 Å². The molecular weight excluding hydrogens is 326 g/mol. The Bertz CT molecular complexity index is 716. The van der Waals surface area contributed by atoms with Crippen molar-refractivity contribution in [1.82, 2.24) is 15.1 Å². The second-order valence-corrected chi connectivity index (χ2v) is 5.52. The molecule has 2 rings (SSSR count). The van der Waals surface area contributed by atoms with E-state index in [4.69, 9.17) is 9.47 Å². The highest BCUT2D eigenvalue weighted by atomic mass is 16.5. The number of benzene rings is 1. The van der Waals surface area contributed by atoms with E-state index in [1.165, 1.54) is 32.2 Å². The lowest BCUT2D eigenvalue weighted by atomic mass is 10.2. The number of hydrogen-bond donors (Lipinski definition) is 1. The summed E-state index contributed by atoms with van der Waals surface area (Å²) in [5, 5.41) is 2.65. The smallest absolute Gasteiger partial charge is 0.327 e. The molecule has 0 saturated carbocycles. The van der Waals surface area contributed by atoms with Crippen molar-refractivity contribution in [3.8, 4) is 11.5 Å². The molecule has 1 atom stereocenters. The van der Waals surface area contributed by atoms with Crippen LogP contribution in [0, 0.1) is 0 Å². The van der Waals surface area contributed by atoms with Gasteiger partial charge in [0, 0.05) is 20.2 Å². The van der Waals surface area contributed by atoms with Gasteiger partial charge in [-0.15, -0.1) is 0 Å². The second kappa shape index (κ2) is 7.69. The van der Waals surface area contributed by atoms with E-state index >= 15 is 0 Å². The number of urea groups is 1. The molecule has 25 heavy (non-hydrogen) atoms. The number of carbonyl (C=O) groups excluding carboxylic acids is 3. The zero-order valence-corrected chi connectivity index (χ0v) is 14.6. The minimum absolute atomic E-state index is 0.0364. The fourth-order valence-electron chi connectivity index (χ4n) is 2.40. The van der Waals surface area contributed by atoms with Crippen LogP contribution >= 0.6 is 0 Å². The van der Waals surface area contributed by atoms with Crippen molar-refractivity contribution in [2.24, 2.45) is 0 Å². The summed E-state index contributed by atoms with van der Waals surface area (Å²) in [6.45, 7) is 0. The van der Waals surface area contributed by atoms with Gasteiger partial charge in [0.05, 0.1) is 20.6 Å². The van der Waals surface area contributed by atoms with Gasteiger partial charge in [-0.25, -0.2) is 4.79 Å². The van der Waals surface area contributed by atoms with E-state index in [9.17, 15) is 14.4 Å². The lowest BCUT2D eigenvalue weighted by molar-refractivity contribution is -0.132. The summed E-state index contributed by atoms with van der Waals surface area (Å²) in [5.41, 5.74) is 0.747. The summed E-state index contributed by atoms with van der Waals surface area (Å²) in [6.07, 6.45) is 2.31. The van der Waals surface area contributed by atoms with Crippen LogP contribution in [0.15, 0.2) is 24.3 Å². The lowest BCUT2D eigenvalue weighted by Gasteiger charge is -2.36. The Labute approximate surface area is 146 Å². The zero-order chi connectivity index (χ0) is 18.6. The molecule has 0 radical (unpaired) electrons. The van der Waals surface area contributed by atoms with E-state index < -0.39 is 18.1 Å². The summed E-state index contributed by atoms with van der Waals surface area (Å²) < 4.78 is 10.4. The van der Waals surface area contributed by atoms with Gasteiger partial charge in [0.15, 0.2) is 11.5 Å². The quantitative estimate of drug-likeness (QED) is 0.805. The number of nitrogens with zero attached hydrogens (tertiary/aromatic N) is 2. The number of amides is 4. The normalized spacial score (nSPS) is 17.8. The zero-order valence-electron chi connectivity index (χ0n) is 14.6. The molecule has 1 aromatic rings. The van der Waals surface area contributed by atoms with Crippen molar-refractivity contribution in [2.45, 2.75) is 12.6 Å². The minimum atomic E-state index is -0.668. The molecule has 1 unspecified atom stereocenters. The van der Waals surface area contributed by atoms with Crippen LogP contribution in [0.25, 0.3) is 6.08 Å². The first kappa shape index (κ1) is 18.3. The van der Waals surface area contributed by atoms with Gasteiger partial charge in [-0.2, -0.15) is 0 Å². The Hall–Kier alpha value is -3.03.